The highest BCUT2D eigenvalue weighted by Gasteiger charge is 2.19. The van der Waals surface area contributed by atoms with E-state index in [9.17, 15) is 0 Å². The molecule has 104 valence electrons. The van der Waals surface area contributed by atoms with Crippen LogP contribution in [0.4, 0.5) is 0 Å². The highest BCUT2D eigenvalue weighted by molar-refractivity contribution is 7.99. The summed E-state index contributed by atoms with van der Waals surface area (Å²) in [6, 6.07) is 2.66. The fraction of sp³-hybridized carbons (Fsp3) is 0.429. The molecule has 1 saturated carbocycles. The summed E-state index contributed by atoms with van der Waals surface area (Å²) in [5.74, 6) is 0. The van der Waals surface area contributed by atoms with E-state index < -0.39 is 0 Å². The smallest absolute Gasteiger partial charge is 0.195 e. The van der Waals surface area contributed by atoms with Crippen LogP contribution in [0.3, 0.4) is 0 Å². The fourth-order valence-electron chi connectivity index (χ4n) is 1.86. The molecule has 2 aromatic heterocycles. The third kappa shape index (κ3) is 3.74. The predicted octanol–water partition coefficient (Wildman–Crippen LogP) is 2.29. The first kappa shape index (κ1) is 13.5. The highest BCUT2D eigenvalue weighted by Crippen LogP contribution is 2.22. The number of nitrogens with zero attached hydrogens (tertiary/aromatic N) is 4. The summed E-state index contributed by atoms with van der Waals surface area (Å²) in [4.78, 5) is 17.5. The molecule has 1 fully saturated rings. The Hall–Kier alpha value is -1.53. The van der Waals surface area contributed by atoms with Crippen molar-refractivity contribution in [2.24, 2.45) is 0 Å². The van der Waals surface area contributed by atoms with Gasteiger partial charge in [-0.3, -0.25) is 0 Å². The molecule has 0 saturated heterocycles. The summed E-state index contributed by atoms with van der Waals surface area (Å²) < 4.78 is 0. The van der Waals surface area contributed by atoms with E-state index in [0.29, 0.717) is 16.4 Å². The van der Waals surface area contributed by atoms with Crippen LogP contribution < -0.4 is 5.32 Å². The minimum Gasteiger partial charge on any atom is -0.310 e. The Labute approximate surface area is 122 Å². The van der Waals surface area contributed by atoms with Gasteiger partial charge in [0.1, 0.15) is 0 Å². The Morgan fingerprint density at radius 2 is 1.75 bits per heavy atom. The minimum atomic E-state index is 0.685. The van der Waals surface area contributed by atoms with Crippen molar-refractivity contribution in [1.82, 2.24) is 25.3 Å². The van der Waals surface area contributed by atoms with Gasteiger partial charge in [0.05, 0.1) is 0 Å². The lowest BCUT2D eigenvalue weighted by molar-refractivity contribution is 0.680. The molecule has 0 aliphatic heterocycles. The number of hydrogen-bond donors (Lipinski definition) is 1. The number of aryl methyl sites for hydroxylation is 2. The van der Waals surface area contributed by atoms with Crippen LogP contribution in [0.2, 0.25) is 0 Å². The zero-order chi connectivity index (χ0) is 13.9. The van der Waals surface area contributed by atoms with Crippen molar-refractivity contribution < 1.29 is 0 Å². The lowest BCUT2D eigenvalue weighted by Crippen LogP contribution is -2.15. The second-order valence-corrected chi connectivity index (χ2v) is 6.00. The first-order valence-corrected chi connectivity index (χ1v) is 7.55. The molecule has 1 aliphatic rings. The van der Waals surface area contributed by atoms with Gasteiger partial charge in [0.2, 0.25) is 0 Å². The predicted molar refractivity (Wildman–Crippen MR) is 77.5 cm³/mol. The molecule has 1 aliphatic carbocycles. The largest absolute Gasteiger partial charge is 0.310 e. The summed E-state index contributed by atoms with van der Waals surface area (Å²) >= 11 is 1.40. The number of rotatable bonds is 5. The van der Waals surface area contributed by atoms with Crippen molar-refractivity contribution in [3.63, 3.8) is 0 Å². The SMILES string of the molecule is Cc1cc(C)nc(Sc2ncc(CNC3CC3)cn2)n1. The monoisotopic (exact) mass is 287 g/mol. The zero-order valence-electron chi connectivity index (χ0n) is 11.6. The van der Waals surface area contributed by atoms with Crippen LogP contribution in [0.15, 0.2) is 28.8 Å². The van der Waals surface area contributed by atoms with Crippen molar-refractivity contribution in [3.05, 3.63) is 35.4 Å². The van der Waals surface area contributed by atoms with Gasteiger partial charge in [0, 0.05) is 41.9 Å². The average molecular weight is 287 g/mol. The Kier molecular flexibility index (Phi) is 3.93. The van der Waals surface area contributed by atoms with Crippen LogP contribution in [-0.4, -0.2) is 26.0 Å². The quantitative estimate of drug-likeness (QED) is 0.851. The molecule has 6 heteroatoms. The molecular formula is C14H17N5S. The molecule has 0 aromatic carbocycles. The Bertz CT molecular complexity index is 575. The van der Waals surface area contributed by atoms with Crippen molar-refractivity contribution in [1.29, 1.82) is 0 Å². The van der Waals surface area contributed by atoms with Gasteiger partial charge in [0.25, 0.3) is 0 Å². The average Bonchev–Trinajstić information content (AvgIpc) is 3.21. The van der Waals surface area contributed by atoms with E-state index in [1.165, 1.54) is 24.6 Å². The highest BCUT2D eigenvalue weighted by atomic mass is 32.2. The molecule has 0 bridgehead atoms. The van der Waals surface area contributed by atoms with Gasteiger partial charge in [-0.25, -0.2) is 19.9 Å². The maximum atomic E-state index is 4.38. The van der Waals surface area contributed by atoms with Crippen molar-refractivity contribution in [3.8, 4) is 0 Å². The van der Waals surface area contributed by atoms with Crippen molar-refractivity contribution in [2.75, 3.05) is 0 Å². The topological polar surface area (TPSA) is 63.6 Å². The maximum absolute atomic E-state index is 4.38. The molecule has 0 unspecified atom stereocenters. The lowest BCUT2D eigenvalue weighted by Gasteiger charge is -2.04. The summed E-state index contributed by atoms with van der Waals surface area (Å²) in [6.45, 7) is 4.77. The third-order valence-electron chi connectivity index (χ3n) is 3.00. The molecule has 2 heterocycles. The number of nitrogens with one attached hydrogen (secondary N) is 1. The van der Waals surface area contributed by atoms with E-state index >= 15 is 0 Å². The molecule has 0 atom stereocenters. The van der Waals surface area contributed by atoms with Gasteiger partial charge in [-0.05, 0) is 44.5 Å². The molecule has 2 aromatic rings. The van der Waals surface area contributed by atoms with Crippen molar-refractivity contribution >= 4 is 11.8 Å². The summed E-state index contributed by atoms with van der Waals surface area (Å²) in [7, 11) is 0. The summed E-state index contributed by atoms with van der Waals surface area (Å²) in [6.07, 6.45) is 6.32. The van der Waals surface area contributed by atoms with E-state index in [0.717, 1.165) is 23.5 Å². The second kappa shape index (κ2) is 5.85. The molecule has 20 heavy (non-hydrogen) atoms. The van der Waals surface area contributed by atoms with Crippen LogP contribution in [-0.2, 0) is 6.54 Å². The molecule has 0 spiro atoms. The van der Waals surface area contributed by atoms with Crippen LogP contribution in [0.1, 0.15) is 29.8 Å². The molecule has 0 radical (unpaired) electrons. The van der Waals surface area contributed by atoms with Crippen molar-refractivity contribution in [2.45, 2.75) is 49.6 Å². The first-order valence-electron chi connectivity index (χ1n) is 6.73. The van der Waals surface area contributed by atoms with E-state index in [4.69, 9.17) is 0 Å². The normalized spacial score (nSPS) is 14.5. The summed E-state index contributed by atoms with van der Waals surface area (Å²) in [5.41, 5.74) is 3.04. The third-order valence-corrected chi connectivity index (χ3v) is 3.76. The number of hydrogen-bond acceptors (Lipinski definition) is 6. The van der Waals surface area contributed by atoms with Gasteiger partial charge in [-0.1, -0.05) is 0 Å². The molecule has 5 nitrogen and oxygen atoms in total. The number of aromatic nitrogens is 4. The fourth-order valence-corrected chi connectivity index (χ4v) is 2.61. The van der Waals surface area contributed by atoms with E-state index in [2.05, 4.69) is 25.3 Å². The molecular weight excluding hydrogens is 270 g/mol. The van der Waals surface area contributed by atoms with Gasteiger partial charge in [0.15, 0.2) is 10.3 Å². The molecule has 0 amide bonds. The molecule has 1 N–H and O–H groups in total. The van der Waals surface area contributed by atoms with Gasteiger partial charge >= 0.3 is 0 Å². The van der Waals surface area contributed by atoms with Crippen LogP contribution in [0.5, 0.6) is 0 Å². The van der Waals surface area contributed by atoms with Crippen LogP contribution in [0.25, 0.3) is 0 Å². The Morgan fingerprint density at radius 3 is 2.35 bits per heavy atom. The van der Waals surface area contributed by atoms with Crippen LogP contribution in [0, 0.1) is 13.8 Å². The van der Waals surface area contributed by atoms with Gasteiger partial charge < -0.3 is 5.32 Å². The lowest BCUT2D eigenvalue weighted by atomic mass is 10.3. The van der Waals surface area contributed by atoms with E-state index in [1.807, 2.05) is 32.3 Å². The van der Waals surface area contributed by atoms with Gasteiger partial charge in [-0.2, -0.15) is 0 Å². The standard InChI is InChI=1S/C14H17N5S/c1-9-5-10(2)19-14(18-9)20-13-16-7-11(8-17-13)6-15-12-3-4-12/h5,7-8,12,15H,3-4,6H2,1-2H3. The van der Waals surface area contributed by atoms with E-state index in [-0.39, 0.29) is 0 Å². The van der Waals surface area contributed by atoms with Gasteiger partial charge in [-0.15, -0.1) is 0 Å². The minimum absolute atomic E-state index is 0.685. The zero-order valence-corrected chi connectivity index (χ0v) is 12.4. The Balaban J connectivity index is 1.64. The second-order valence-electron chi connectivity index (χ2n) is 5.06. The first-order chi connectivity index (χ1) is 9.69. The summed E-state index contributed by atoms with van der Waals surface area (Å²) in [5, 5.41) is 4.83. The van der Waals surface area contributed by atoms with E-state index in [1.54, 1.807) is 0 Å². The molecule has 3 rings (SSSR count). The van der Waals surface area contributed by atoms with Crippen LogP contribution >= 0.6 is 11.8 Å². The maximum Gasteiger partial charge on any atom is 0.195 e. The Morgan fingerprint density at radius 1 is 1.10 bits per heavy atom.